The predicted octanol–water partition coefficient (Wildman–Crippen LogP) is 2.10. The van der Waals surface area contributed by atoms with Crippen LogP contribution in [0.2, 0.25) is 0 Å². The molecule has 1 unspecified atom stereocenters. The van der Waals surface area contributed by atoms with Gasteiger partial charge in [-0.2, -0.15) is 5.10 Å². The molecule has 2 fully saturated rings. The molecule has 3 heterocycles. The fourth-order valence-electron chi connectivity index (χ4n) is 4.41. The van der Waals surface area contributed by atoms with Crippen molar-refractivity contribution in [1.82, 2.24) is 29.8 Å². The fraction of sp³-hybridized carbons (Fsp3) is 0.773. The molecule has 2 saturated heterocycles. The van der Waals surface area contributed by atoms with Crippen LogP contribution in [0.25, 0.3) is 0 Å². The van der Waals surface area contributed by atoms with Crippen LogP contribution in [-0.4, -0.2) is 94.7 Å². The average Bonchev–Trinajstić information content (AvgIpc) is 3.39. The largest absolute Gasteiger partial charge is 0.357 e. The monoisotopic (exact) mass is 545 g/mol. The van der Waals surface area contributed by atoms with Crippen LogP contribution in [0, 0.1) is 13.8 Å². The number of likely N-dealkylation sites (tertiary alicyclic amines) is 1. The minimum absolute atomic E-state index is 0. The Morgan fingerprint density at radius 2 is 1.81 bits per heavy atom. The van der Waals surface area contributed by atoms with E-state index in [0.717, 1.165) is 89.8 Å². The summed E-state index contributed by atoms with van der Waals surface area (Å²) >= 11 is 0. The molecule has 8 nitrogen and oxygen atoms in total. The maximum atomic E-state index is 12.7. The summed E-state index contributed by atoms with van der Waals surface area (Å²) in [5.41, 5.74) is 2.27. The number of aromatic nitrogens is 2. The summed E-state index contributed by atoms with van der Waals surface area (Å²) in [5, 5.41) is 7.96. The summed E-state index contributed by atoms with van der Waals surface area (Å²) < 4.78 is 2.06. The minimum atomic E-state index is -0.0226. The highest BCUT2D eigenvalue weighted by Gasteiger charge is 2.30. The van der Waals surface area contributed by atoms with Crippen molar-refractivity contribution in [1.29, 1.82) is 0 Å². The van der Waals surface area contributed by atoms with Gasteiger partial charge in [-0.1, -0.05) is 0 Å². The maximum absolute atomic E-state index is 12.7. The number of nitrogens with one attached hydrogen (secondary N) is 1. The van der Waals surface area contributed by atoms with E-state index in [-0.39, 0.29) is 30.0 Å². The van der Waals surface area contributed by atoms with Crippen molar-refractivity contribution >= 4 is 35.8 Å². The van der Waals surface area contributed by atoms with Gasteiger partial charge in [0.05, 0.1) is 11.7 Å². The zero-order valence-electron chi connectivity index (χ0n) is 19.6. The number of piperazine rings is 1. The van der Waals surface area contributed by atoms with Gasteiger partial charge in [-0.05, 0) is 53.0 Å². The van der Waals surface area contributed by atoms with E-state index >= 15 is 0 Å². The van der Waals surface area contributed by atoms with Gasteiger partial charge in [0.2, 0.25) is 5.91 Å². The molecular formula is C22H40IN7O. The molecule has 31 heavy (non-hydrogen) atoms. The van der Waals surface area contributed by atoms with E-state index < -0.39 is 0 Å². The van der Waals surface area contributed by atoms with Crippen LogP contribution in [0.1, 0.15) is 44.5 Å². The van der Waals surface area contributed by atoms with Gasteiger partial charge < -0.3 is 15.1 Å². The summed E-state index contributed by atoms with van der Waals surface area (Å²) in [5.74, 6) is 1.29. The second-order valence-electron chi connectivity index (χ2n) is 8.47. The Kier molecular flexibility index (Phi) is 10.5. The molecule has 2 aliphatic heterocycles. The summed E-state index contributed by atoms with van der Waals surface area (Å²) in [6.45, 7) is 16.3. The van der Waals surface area contributed by atoms with Crippen molar-refractivity contribution in [3.63, 3.8) is 0 Å². The maximum Gasteiger partial charge on any atom is 0.239 e. The number of aliphatic imine (C=N–C) groups is 1. The second-order valence-corrected chi connectivity index (χ2v) is 8.47. The lowest BCUT2D eigenvalue weighted by Gasteiger charge is -2.39. The van der Waals surface area contributed by atoms with Crippen LogP contribution in [0.3, 0.4) is 0 Å². The first kappa shape index (κ1) is 25.9. The molecule has 1 N–H and O–H groups in total. The van der Waals surface area contributed by atoms with E-state index in [0.29, 0.717) is 5.91 Å². The van der Waals surface area contributed by atoms with E-state index in [2.05, 4.69) is 51.7 Å². The smallest absolute Gasteiger partial charge is 0.239 e. The van der Waals surface area contributed by atoms with Gasteiger partial charge in [-0.15, -0.1) is 24.0 Å². The molecule has 0 aliphatic carbocycles. The van der Waals surface area contributed by atoms with E-state index in [4.69, 9.17) is 4.99 Å². The second kappa shape index (κ2) is 12.6. The van der Waals surface area contributed by atoms with E-state index in [9.17, 15) is 4.79 Å². The number of aryl methyl sites for hydroxylation is 3. The predicted molar refractivity (Wildman–Crippen MR) is 136 cm³/mol. The van der Waals surface area contributed by atoms with E-state index in [1.165, 1.54) is 5.69 Å². The van der Waals surface area contributed by atoms with Crippen molar-refractivity contribution in [3.05, 3.63) is 17.5 Å². The van der Waals surface area contributed by atoms with Crippen LogP contribution in [-0.2, 0) is 11.3 Å². The van der Waals surface area contributed by atoms with Crippen LogP contribution in [0.5, 0.6) is 0 Å². The number of halogens is 1. The van der Waals surface area contributed by atoms with Crippen LogP contribution in [0.15, 0.2) is 11.1 Å². The quantitative estimate of drug-likeness (QED) is 0.246. The lowest BCUT2D eigenvalue weighted by Crippen LogP contribution is -2.57. The van der Waals surface area contributed by atoms with Crippen LogP contribution >= 0.6 is 24.0 Å². The molecule has 1 atom stereocenters. The van der Waals surface area contributed by atoms with Gasteiger partial charge in [0.1, 0.15) is 0 Å². The molecule has 0 spiro atoms. The first-order valence-corrected chi connectivity index (χ1v) is 11.6. The Morgan fingerprint density at radius 1 is 1.13 bits per heavy atom. The van der Waals surface area contributed by atoms with E-state index in [1.54, 1.807) is 0 Å². The van der Waals surface area contributed by atoms with Crippen LogP contribution in [0.4, 0.5) is 0 Å². The number of carbonyl (C=O) groups is 1. The molecule has 1 amide bonds. The van der Waals surface area contributed by atoms with Gasteiger partial charge in [0.15, 0.2) is 5.96 Å². The Balaban J connectivity index is 0.00000341. The van der Waals surface area contributed by atoms with Crippen molar-refractivity contribution in [2.24, 2.45) is 4.99 Å². The minimum Gasteiger partial charge on any atom is -0.357 e. The first-order chi connectivity index (χ1) is 14.5. The lowest BCUT2D eigenvalue weighted by molar-refractivity contribution is -0.135. The Bertz CT molecular complexity index is 721. The highest BCUT2D eigenvalue weighted by molar-refractivity contribution is 14.0. The van der Waals surface area contributed by atoms with Gasteiger partial charge in [0, 0.05) is 64.6 Å². The molecule has 2 aliphatic rings. The molecule has 0 aromatic carbocycles. The number of hydrogen-bond acceptors (Lipinski definition) is 4. The van der Waals surface area contributed by atoms with Crippen LogP contribution < -0.4 is 5.32 Å². The third-order valence-electron chi connectivity index (χ3n) is 6.16. The first-order valence-electron chi connectivity index (χ1n) is 11.6. The number of rotatable bonds is 7. The molecule has 0 bridgehead atoms. The van der Waals surface area contributed by atoms with Crippen molar-refractivity contribution in [2.75, 3.05) is 52.4 Å². The molecular weight excluding hydrogens is 505 g/mol. The normalized spacial score (nSPS) is 18.8. The number of amides is 1. The molecule has 1 aromatic rings. The van der Waals surface area contributed by atoms with Crippen molar-refractivity contribution in [2.45, 2.75) is 59.5 Å². The molecule has 0 saturated carbocycles. The Hall–Kier alpha value is -1.36. The number of hydrogen-bond donors (Lipinski definition) is 1. The Morgan fingerprint density at radius 3 is 2.39 bits per heavy atom. The summed E-state index contributed by atoms with van der Waals surface area (Å²) in [4.78, 5) is 24.2. The summed E-state index contributed by atoms with van der Waals surface area (Å²) in [6, 6.07) is 2.09. The summed E-state index contributed by atoms with van der Waals surface area (Å²) in [7, 11) is 0. The molecule has 9 heteroatoms. The highest BCUT2D eigenvalue weighted by atomic mass is 127. The molecule has 1 aromatic heterocycles. The molecule has 176 valence electrons. The van der Waals surface area contributed by atoms with Crippen molar-refractivity contribution < 1.29 is 4.79 Å². The van der Waals surface area contributed by atoms with Crippen molar-refractivity contribution in [3.8, 4) is 0 Å². The number of carbonyl (C=O) groups excluding carboxylic acids is 1. The third-order valence-corrected chi connectivity index (χ3v) is 6.16. The highest BCUT2D eigenvalue weighted by Crippen LogP contribution is 2.14. The van der Waals surface area contributed by atoms with E-state index in [1.807, 2.05) is 11.8 Å². The molecule has 3 rings (SSSR count). The van der Waals surface area contributed by atoms with Gasteiger partial charge in [-0.3, -0.25) is 19.4 Å². The third kappa shape index (κ3) is 7.06. The van der Waals surface area contributed by atoms with Gasteiger partial charge >= 0.3 is 0 Å². The van der Waals surface area contributed by atoms with Gasteiger partial charge in [-0.25, -0.2) is 0 Å². The zero-order chi connectivity index (χ0) is 21.5. The average molecular weight is 546 g/mol. The standard InChI is InChI=1S/C22H39N7O.HI/c1-5-23-22(24-9-8-12-29-19(3)17-18(2)25-29)28-15-13-26(14-16-28)20(4)21(30)27-10-6-7-11-27;/h17,20H,5-16H2,1-4H3,(H,23,24);1H. The summed E-state index contributed by atoms with van der Waals surface area (Å²) in [6.07, 6.45) is 3.26. The number of nitrogens with zero attached hydrogens (tertiary/aromatic N) is 6. The van der Waals surface area contributed by atoms with Gasteiger partial charge in [0.25, 0.3) is 0 Å². The number of guanidine groups is 1. The topological polar surface area (TPSA) is 69.0 Å². The molecule has 0 radical (unpaired) electrons. The SMILES string of the molecule is CCNC(=NCCCn1nc(C)cc1C)N1CCN(C(C)C(=O)N2CCCC2)CC1.I. The zero-order valence-corrected chi connectivity index (χ0v) is 22.0. The lowest BCUT2D eigenvalue weighted by atomic mass is 10.2. The Labute approximate surface area is 204 Å². The fourth-order valence-corrected chi connectivity index (χ4v) is 4.41.